The maximum Gasteiger partial charge on any atom is 0.243 e. The minimum Gasteiger partial charge on any atom is -0.328 e. The summed E-state index contributed by atoms with van der Waals surface area (Å²) in [6.07, 6.45) is 3.18. The molecule has 0 amide bonds. The van der Waals surface area contributed by atoms with Crippen LogP contribution in [0.5, 0.6) is 0 Å². The van der Waals surface area contributed by atoms with E-state index in [1.165, 1.54) is 22.5 Å². The summed E-state index contributed by atoms with van der Waals surface area (Å²) < 4.78 is 54.5. The Labute approximate surface area is 162 Å². The van der Waals surface area contributed by atoms with Gasteiger partial charge in [0.15, 0.2) is 0 Å². The standard InChI is InChI=1S/C16H27N3O4S2.ClH/c1-13-6-7-15(25(22,23)19-10-4-3-5-11-19)12-16(13)24(20,21)18-9-8-14(2)17;/h6-7,12,14,18H,3-5,8-11,17H2,1-2H3;1H. The predicted octanol–water partition coefficient (Wildman–Crippen LogP) is 1.61. The van der Waals surface area contributed by atoms with E-state index in [1.54, 1.807) is 13.8 Å². The number of aryl methyl sites for hydroxylation is 1. The molecule has 0 bridgehead atoms. The molecule has 0 aromatic heterocycles. The van der Waals surface area contributed by atoms with Crippen molar-refractivity contribution in [1.29, 1.82) is 0 Å². The summed E-state index contributed by atoms with van der Waals surface area (Å²) in [5.74, 6) is 0. The molecule has 26 heavy (non-hydrogen) atoms. The van der Waals surface area contributed by atoms with Gasteiger partial charge in [-0.3, -0.25) is 0 Å². The molecule has 10 heteroatoms. The third-order valence-electron chi connectivity index (χ3n) is 4.29. The number of hydrogen-bond donors (Lipinski definition) is 2. The van der Waals surface area contributed by atoms with Crippen molar-refractivity contribution in [1.82, 2.24) is 9.03 Å². The zero-order chi connectivity index (χ0) is 18.7. The third kappa shape index (κ3) is 5.64. The number of nitrogens with zero attached hydrogens (tertiary/aromatic N) is 1. The predicted molar refractivity (Wildman–Crippen MR) is 104 cm³/mol. The Kier molecular flexibility index (Phi) is 8.50. The minimum absolute atomic E-state index is 0. The molecule has 1 aliphatic heterocycles. The maximum absolute atomic E-state index is 12.8. The molecular weight excluding hydrogens is 398 g/mol. The molecule has 7 nitrogen and oxygen atoms in total. The van der Waals surface area contributed by atoms with Gasteiger partial charge in [0.1, 0.15) is 0 Å². The van der Waals surface area contributed by atoms with E-state index < -0.39 is 20.0 Å². The number of benzene rings is 1. The lowest BCUT2D eigenvalue weighted by atomic mass is 10.2. The summed E-state index contributed by atoms with van der Waals surface area (Å²) >= 11 is 0. The molecule has 1 heterocycles. The van der Waals surface area contributed by atoms with Gasteiger partial charge in [0.2, 0.25) is 20.0 Å². The summed E-state index contributed by atoms with van der Waals surface area (Å²) in [5, 5.41) is 0. The zero-order valence-electron chi connectivity index (χ0n) is 15.1. The van der Waals surface area contributed by atoms with E-state index in [-0.39, 0.29) is 34.8 Å². The molecule has 1 fully saturated rings. The lowest BCUT2D eigenvalue weighted by Gasteiger charge is -2.26. The SMILES string of the molecule is Cc1ccc(S(=O)(=O)N2CCCCC2)cc1S(=O)(=O)NCCC(C)N.Cl. The smallest absolute Gasteiger partial charge is 0.243 e. The van der Waals surface area contributed by atoms with E-state index >= 15 is 0 Å². The van der Waals surface area contributed by atoms with Crippen LogP contribution in [0.4, 0.5) is 0 Å². The number of nitrogens with two attached hydrogens (primary N) is 1. The maximum atomic E-state index is 12.8. The van der Waals surface area contributed by atoms with Crippen molar-refractivity contribution in [2.45, 2.75) is 55.4 Å². The summed E-state index contributed by atoms with van der Waals surface area (Å²) in [6, 6.07) is 4.15. The lowest BCUT2D eigenvalue weighted by Crippen LogP contribution is -2.35. The van der Waals surface area contributed by atoms with Crippen molar-refractivity contribution in [3.63, 3.8) is 0 Å². The van der Waals surface area contributed by atoms with Crippen molar-refractivity contribution in [3.05, 3.63) is 23.8 Å². The first-order chi connectivity index (χ1) is 11.6. The Balaban J connectivity index is 0.00000338. The average molecular weight is 426 g/mol. The number of sulfonamides is 2. The van der Waals surface area contributed by atoms with Crippen molar-refractivity contribution in [2.75, 3.05) is 19.6 Å². The highest BCUT2D eigenvalue weighted by molar-refractivity contribution is 7.90. The van der Waals surface area contributed by atoms with Crippen LogP contribution in [-0.2, 0) is 20.0 Å². The van der Waals surface area contributed by atoms with Crippen molar-refractivity contribution >= 4 is 32.5 Å². The highest BCUT2D eigenvalue weighted by Gasteiger charge is 2.28. The first-order valence-corrected chi connectivity index (χ1v) is 11.4. The van der Waals surface area contributed by atoms with Crippen LogP contribution in [0.1, 0.15) is 38.2 Å². The van der Waals surface area contributed by atoms with Crippen LogP contribution in [0.2, 0.25) is 0 Å². The number of hydrogen-bond acceptors (Lipinski definition) is 5. The van der Waals surface area contributed by atoms with E-state index in [4.69, 9.17) is 5.73 Å². The molecule has 0 radical (unpaired) electrons. The number of halogens is 1. The van der Waals surface area contributed by atoms with Gasteiger partial charge in [-0.15, -0.1) is 12.4 Å². The van der Waals surface area contributed by atoms with Crippen molar-refractivity contribution in [3.8, 4) is 0 Å². The van der Waals surface area contributed by atoms with Crippen LogP contribution in [-0.4, -0.2) is 46.8 Å². The Hall–Kier alpha value is -0.710. The molecule has 0 saturated carbocycles. The van der Waals surface area contributed by atoms with Gasteiger partial charge in [0.25, 0.3) is 0 Å². The zero-order valence-corrected chi connectivity index (χ0v) is 17.6. The van der Waals surface area contributed by atoms with Crippen molar-refractivity contribution < 1.29 is 16.8 Å². The van der Waals surface area contributed by atoms with Crippen LogP contribution in [0.15, 0.2) is 28.0 Å². The summed E-state index contributed by atoms with van der Waals surface area (Å²) in [5.41, 5.74) is 6.14. The summed E-state index contributed by atoms with van der Waals surface area (Å²) in [6.45, 7) is 4.61. The van der Waals surface area contributed by atoms with Gasteiger partial charge in [0.05, 0.1) is 9.79 Å². The van der Waals surface area contributed by atoms with Gasteiger partial charge >= 0.3 is 0 Å². The second-order valence-corrected chi connectivity index (χ2v) is 10.2. The van der Waals surface area contributed by atoms with E-state index in [9.17, 15) is 16.8 Å². The second kappa shape index (κ2) is 9.48. The largest absolute Gasteiger partial charge is 0.328 e. The van der Waals surface area contributed by atoms with Gasteiger partial charge in [-0.05, 0) is 50.8 Å². The molecule has 0 aliphatic carbocycles. The minimum atomic E-state index is -3.79. The van der Waals surface area contributed by atoms with E-state index in [1.807, 2.05) is 0 Å². The van der Waals surface area contributed by atoms with Crippen LogP contribution < -0.4 is 10.5 Å². The fourth-order valence-electron chi connectivity index (χ4n) is 2.78. The molecule has 1 saturated heterocycles. The van der Waals surface area contributed by atoms with Gasteiger partial charge < -0.3 is 5.73 Å². The average Bonchev–Trinajstić information content (AvgIpc) is 2.55. The monoisotopic (exact) mass is 425 g/mol. The molecule has 1 aromatic carbocycles. The highest BCUT2D eigenvalue weighted by atomic mass is 35.5. The second-order valence-electron chi connectivity index (χ2n) is 6.56. The van der Waals surface area contributed by atoms with Gasteiger partial charge in [-0.1, -0.05) is 12.5 Å². The Morgan fingerprint density at radius 3 is 2.35 bits per heavy atom. The molecule has 1 unspecified atom stereocenters. The lowest BCUT2D eigenvalue weighted by molar-refractivity contribution is 0.346. The quantitative estimate of drug-likeness (QED) is 0.689. The first-order valence-electron chi connectivity index (χ1n) is 8.50. The van der Waals surface area contributed by atoms with Gasteiger partial charge in [-0.25, -0.2) is 21.6 Å². The molecule has 1 aliphatic rings. The van der Waals surface area contributed by atoms with Crippen LogP contribution in [0.3, 0.4) is 0 Å². The first kappa shape index (κ1) is 23.3. The van der Waals surface area contributed by atoms with E-state index in [2.05, 4.69) is 4.72 Å². The molecule has 1 atom stereocenters. The fraction of sp³-hybridized carbons (Fsp3) is 0.625. The molecule has 0 spiro atoms. The highest BCUT2D eigenvalue weighted by Crippen LogP contribution is 2.24. The van der Waals surface area contributed by atoms with Crippen LogP contribution in [0.25, 0.3) is 0 Å². The summed E-state index contributed by atoms with van der Waals surface area (Å²) in [7, 11) is -7.46. The molecule has 3 N–H and O–H groups in total. The summed E-state index contributed by atoms with van der Waals surface area (Å²) in [4.78, 5) is 0.0165. The number of piperidine rings is 1. The normalized spacial score (nSPS) is 17.5. The van der Waals surface area contributed by atoms with E-state index in [0.29, 0.717) is 25.1 Å². The third-order valence-corrected chi connectivity index (χ3v) is 7.79. The van der Waals surface area contributed by atoms with Gasteiger partial charge in [-0.2, -0.15) is 4.31 Å². The molecular formula is C16H28ClN3O4S2. The van der Waals surface area contributed by atoms with Crippen molar-refractivity contribution in [2.24, 2.45) is 5.73 Å². The number of nitrogens with one attached hydrogen (secondary N) is 1. The molecule has 150 valence electrons. The topological polar surface area (TPSA) is 110 Å². The van der Waals surface area contributed by atoms with Crippen LogP contribution in [0, 0.1) is 6.92 Å². The molecule has 2 rings (SSSR count). The Bertz CT molecular complexity index is 805. The Morgan fingerprint density at radius 2 is 1.77 bits per heavy atom. The fourth-order valence-corrected chi connectivity index (χ4v) is 5.72. The molecule has 1 aromatic rings. The van der Waals surface area contributed by atoms with Crippen LogP contribution >= 0.6 is 12.4 Å². The number of rotatable bonds is 7. The Morgan fingerprint density at radius 1 is 1.15 bits per heavy atom. The van der Waals surface area contributed by atoms with E-state index in [0.717, 1.165) is 19.3 Å². The van der Waals surface area contributed by atoms with Gasteiger partial charge in [0, 0.05) is 25.7 Å².